The molecule has 118 valence electrons. The predicted molar refractivity (Wildman–Crippen MR) is 80.0 cm³/mol. The fourth-order valence-corrected chi connectivity index (χ4v) is 2.88. The number of halogens is 2. The first-order chi connectivity index (χ1) is 10.4. The second kappa shape index (κ2) is 6.93. The minimum Gasteiger partial charge on any atom is -0.391 e. The number of aliphatic hydroxyl groups is 1. The first-order valence-electron chi connectivity index (χ1n) is 6.71. The molecule has 22 heavy (non-hydrogen) atoms. The molecule has 0 radical (unpaired) electrons. The van der Waals surface area contributed by atoms with E-state index in [-0.39, 0.29) is 24.4 Å². The van der Waals surface area contributed by atoms with Gasteiger partial charge in [0.15, 0.2) is 0 Å². The number of hydrogen-bond acceptors (Lipinski definition) is 4. The van der Waals surface area contributed by atoms with Gasteiger partial charge in [-0.2, -0.15) is 0 Å². The lowest BCUT2D eigenvalue weighted by molar-refractivity contribution is 0.0919. The van der Waals surface area contributed by atoms with Crippen LogP contribution < -0.4 is 5.32 Å². The van der Waals surface area contributed by atoms with E-state index in [2.05, 4.69) is 10.3 Å². The molecule has 0 aliphatic carbocycles. The van der Waals surface area contributed by atoms with Crippen molar-refractivity contribution in [3.8, 4) is 0 Å². The molecular formula is C15H16F2N2O2S. The van der Waals surface area contributed by atoms with Crippen molar-refractivity contribution < 1.29 is 18.7 Å². The number of rotatable bonds is 5. The highest BCUT2D eigenvalue weighted by Crippen LogP contribution is 2.17. The van der Waals surface area contributed by atoms with Gasteiger partial charge in [-0.25, -0.2) is 13.8 Å². The fraction of sp³-hybridized carbons (Fsp3) is 0.333. The van der Waals surface area contributed by atoms with Crippen LogP contribution in [0.1, 0.15) is 25.9 Å². The van der Waals surface area contributed by atoms with E-state index in [0.717, 1.165) is 17.1 Å². The summed E-state index contributed by atoms with van der Waals surface area (Å²) in [4.78, 5) is 16.6. The molecule has 0 unspecified atom stereocenters. The lowest BCUT2D eigenvalue weighted by Crippen LogP contribution is -2.33. The highest BCUT2D eigenvalue weighted by atomic mass is 32.1. The molecule has 1 aromatic heterocycles. The average molecular weight is 326 g/mol. The van der Waals surface area contributed by atoms with Crippen LogP contribution in [0, 0.1) is 25.5 Å². The maximum absolute atomic E-state index is 13.5. The van der Waals surface area contributed by atoms with E-state index >= 15 is 0 Å². The van der Waals surface area contributed by atoms with Gasteiger partial charge < -0.3 is 10.4 Å². The van der Waals surface area contributed by atoms with Gasteiger partial charge in [-0.05, 0) is 25.5 Å². The van der Waals surface area contributed by atoms with Crippen LogP contribution in [0.25, 0.3) is 0 Å². The SMILES string of the molecule is Cc1nc(C)c(C(=O)NC[C@H](O)Cc2ccc(F)cc2F)s1. The van der Waals surface area contributed by atoms with Crippen molar-refractivity contribution >= 4 is 17.2 Å². The van der Waals surface area contributed by atoms with Gasteiger partial charge >= 0.3 is 0 Å². The van der Waals surface area contributed by atoms with Gasteiger partial charge in [0.2, 0.25) is 0 Å². The number of carbonyl (C=O) groups excluding carboxylic acids is 1. The van der Waals surface area contributed by atoms with Gasteiger partial charge in [0.05, 0.1) is 16.8 Å². The van der Waals surface area contributed by atoms with Crippen LogP contribution >= 0.6 is 11.3 Å². The number of benzene rings is 1. The summed E-state index contributed by atoms with van der Waals surface area (Å²) in [5.74, 6) is -1.69. The van der Waals surface area contributed by atoms with Crippen LogP contribution in [0.2, 0.25) is 0 Å². The van der Waals surface area contributed by atoms with Gasteiger partial charge in [0.25, 0.3) is 5.91 Å². The van der Waals surface area contributed by atoms with Crippen molar-refractivity contribution in [1.82, 2.24) is 10.3 Å². The number of aromatic nitrogens is 1. The highest BCUT2D eigenvalue weighted by molar-refractivity contribution is 7.13. The van der Waals surface area contributed by atoms with E-state index < -0.39 is 17.7 Å². The topological polar surface area (TPSA) is 62.2 Å². The van der Waals surface area contributed by atoms with Crippen molar-refractivity contribution in [3.63, 3.8) is 0 Å². The largest absolute Gasteiger partial charge is 0.391 e. The van der Waals surface area contributed by atoms with E-state index in [4.69, 9.17) is 0 Å². The van der Waals surface area contributed by atoms with Crippen molar-refractivity contribution in [1.29, 1.82) is 0 Å². The second-order valence-electron chi connectivity index (χ2n) is 4.95. The Morgan fingerprint density at radius 2 is 2.14 bits per heavy atom. The summed E-state index contributed by atoms with van der Waals surface area (Å²) < 4.78 is 26.3. The molecule has 0 saturated carbocycles. The maximum Gasteiger partial charge on any atom is 0.263 e. The molecule has 2 N–H and O–H groups in total. The summed E-state index contributed by atoms with van der Waals surface area (Å²) in [5.41, 5.74) is 0.840. The second-order valence-corrected chi connectivity index (χ2v) is 6.15. The predicted octanol–water partition coefficient (Wildman–Crippen LogP) is 2.37. The molecule has 7 heteroatoms. The number of hydrogen-bond donors (Lipinski definition) is 2. The Morgan fingerprint density at radius 3 is 2.73 bits per heavy atom. The van der Waals surface area contributed by atoms with Gasteiger partial charge in [0.1, 0.15) is 16.5 Å². The summed E-state index contributed by atoms with van der Waals surface area (Å²) >= 11 is 1.28. The Morgan fingerprint density at radius 1 is 1.41 bits per heavy atom. The van der Waals surface area contributed by atoms with Gasteiger partial charge in [0, 0.05) is 19.0 Å². The minimum atomic E-state index is -0.960. The number of thiazole rings is 1. The molecule has 0 aliphatic rings. The van der Waals surface area contributed by atoms with Crippen molar-refractivity contribution in [2.24, 2.45) is 0 Å². The van der Waals surface area contributed by atoms with Gasteiger partial charge in [-0.3, -0.25) is 4.79 Å². The van der Waals surface area contributed by atoms with Crippen LogP contribution in [-0.4, -0.2) is 28.6 Å². The zero-order chi connectivity index (χ0) is 16.3. The molecule has 2 rings (SSSR count). The van der Waals surface area contributed by atoms with E-state index in [9.17, 15) is 18.7 Å². The highest BCUT2D eigenvalue weighted by Gasteiger charge is 2.16. The zero-order valence-corrected chi connectivity index (χ0v) is 13.0. The summed E-state index contributed by atoms with van der Waals surface area (Å²) in [6.45, 7) is 3.52. The molecule has 0 bridgehead atoms. The van der Waals surface area contributed by atoms with Crippen molar-refractivity contribution in [2.75, 3.05) is 6.54 Å². The fourth-order valence-electron chi connectivity index (χ4n) is 2.05. The zero-order valence-electron chi connectivity index (χ0n) is 12.2. The average Bonchev–Trinajstić information content (AvgIpc) is 2.78. The molecule has 0 saturated heterocycles. The molecule has 0 spiro atoms. The molecule has 4 nitrogen and oxygen atoms in total. The van der Waals surface area contributed by atoms with E-state index in [1.54, 1.807) is 13.8 Å². The Kier molecular flexibility index (Phi) is 5.20. The molecule has 1 aromatic carbocycles. The third kappa shape index (κ3) is 4.08. The first kappa shape index (κ1) is 16.5. The Balaban J connectivity index is 1.91. The third-order valence-corrected chi connectivity index (χ3v) is 4.15. The molecule has 1 heterocycles. The molecule has 2 aromatic rings. The third-order valence-electron chi connectivity index (χ3n) is 3.08. The van der Waals surface area contributed by atoms with Crippen molar-refractivity contribution in [3.05, 3.63) is 51.0 Å². The Labute approximate surface area is 130 Å². The van der Waals surface area contributed by atoms with E-state index in [0.29, 0.717) is 10.6 Å². The summed E-state index contributed by atoms with van der Waals surface area (Å²) in [5, 5.41) is 13.3. The summed E-state index contributed by atoms with van der Waals surface area (Å²) in [6, 6.07) is 3.18. The lowest BCUT2D eigenvalue weighted by atomic mass is 10.1. The molecular weight excluding hydrogens is 310 g/mol. The number of aryl methyl sites for hydroxylation is 2. The first-order valence-corrected chi connectivity index (χ1v) is 7.52. The van der Waals surface area contributed by atoms with Crippen molar-refractivity contribution in [2.45, 2.75) is 26.4 Å². The number of aliphatic hydroxyl groups excluding tert-OH is 1. The number of carbonyl (C=O) groups is 1. The monoisotopic (exact) mass is 326 g/mol. The number of nitrogens with one attached hydrogen (secondary N) is 1. The van der Waals surface area contributed by atoms with Crippen LogP contribution in [0.15, 0.2) is 18.2 Å². The van der Waals surface area contributed by atoms with Crippen LogP contribution in [0.5, 0.6) is 0 Å². The Hall–Kier alpha value is -1.86. The standard InChI is InChI=1S/C15H16F2N2O2S/c1-8-14(22-9(2)19-8)15(21)18-7-12(20)5-10-3-4-11(16)6-13(10)17/h3-4,6,12,20H,5,7H2,1-2H3,(H,18,21)/t12-/m1/s1. The van der Waals surface area contributed by atoms with E-state index in [1.165, 1.54) is 17.4 Å². The van der Waals surface area contributed by atoms with Gasteiger partial charge in [-0.15, -0.1) is 11.3 Å². The van der Waals surface area contributed by atoms with Crippen LogP contribution in [-0.2, 0) is 6.42 Å². The molecule has 1 atom stereocenters. The number of nitrogens with zero attached hydrogens (tertiary/aromatic N) is 1. The minimum absolute atomic E-state index is 0.00685. The van der Waals surface area contributed by atoms with Crippen LogP contribution in [0.4, 0.5) is 8.78 Å². The quantitative estimate of drug-likeness (QED) is 0.887. The lowest BCUT2D eigenvalue weighted by Gasteiger charge is -2.12. The molecule has 0 aliphatic heterocycles. The Bertz CT molecular complexity index is 688. The normalized spacial score (nSPS) is 12.2. The smallest absolute Gasteiger partial charge is 0.263 e. The molecule has 0 fully saturated rings. The van der Waals surface area contributed by atoms with E-state index in [1.807, 2.05) is 0 Å². The summed E-state index contributed by atoms with van der Waals surface area (Å²) in [7, 11) is 0. The molecule has 1 amide bonds. The van der Waals surface area contributed by atoms with Gasteiger partial charge in [-0.1, -0.05) is 6.07 Å². The van der Waals surface area contributed by atoms with Crippen LogP contribution in [0.3, 0.4) is 0 Å². The maximum atomic E-state index is 13.5. The summed E-state index contributed by atoms with van der Waals surface area (Å²) in [6.07, 6.45) is -0.967. The number of amides is 1.